The number of carbonyl (C=O) groups excluding carboxylic acids is 1. The van der Waals surface area contributed by atoms with Crippen molar-refractivity contribution in [3.05, 3.63) is 59.7 Å². The molecule has 0 spiro atoms. The maximum absolute atomic E-state index is 11.8. The first-order valence-electron chi connectivity index (χ1n) is 7.53. The van der Waals surface area contributed by atoms with Crippen molar-refractivity contribution in [1.82, 2.24) is 0 Å². The van der Waals surface area contributed by atoms with E-state index in [1.807, 2.05) is 6.07 Å². The molecule has 0 fully saturated rings. The van der Waals surface area contributed by atoms with Crippen LogP contribution in [0.5, 0.6) is 5.75 Å². The van der Waals surface area contributed by atoms with E-state index >= 15 is 0 Å². The third-order valence-corrected chi connectivity index (χ3v) is 3.77. The van der Waals surface area contributed by atoms with Crippen LogP contribution in [-0.2, 0) is 4.79 Å². The second-order valence-corrected chi connectivity index (χ2v) is 5.17. The molecule has 0 unspecified atom stereocenters. The molecule has 0 atom stereocenters. The van der Waals surface area contributed by atoms with Crippen molar-refractivity contribution in [2.45, 2.75) is 39.5 Å². The summed E-state index contributed by atoms with van der Waals surface area (Å²) in [5.74, 6) is -0.270. The minimum atomic E-state index is -0.269. The minimum Gasteiger partial charge on any atom is -0.507 e. The molecule has 0 saturated heterocycles. The average molecular weight is 300 g/mol. The molecular formula is C19H24O3. The molecule has 22 heavy (non-hydrogen) atoms. The molecule has 1 aromatic rings. The number of hydrogen-bond acceptors (Lipinski definition) is 3. The van der Waals surface area contributed by atoms with Crippen molar-refractivity contribution in [3.63, 3.8) is 0 Å². The van der Waals surface area contributed by atoms with E-state index in [2.05, 4.69) is 20.4 Å². The van der Waals surface area contributed by atoms with Crippen molar-refractivity contribution in [3.8, 4) is 5.75 Å². The molecule has 118 valence electrons. The molecule has 2 N–H and O–H groups in total. The van der Waals surface area contributed by atoms with Gasteiger partial charge < -0.3 is 10.2 Å². The zero-order chi connectivity index (χ0) is 16.7. The predicted molar refractivity (Wildman–Crippen MR) is 91.0 cm³/mol. The van der Waals surface area contributed by atoms with Gasteiger partial charge in [0.2, 0.25) is 0 Å². The van der Waals surface area contributed by atoms with Crippen LogP contribution in [0.15, 0.2) is 48.6 Å². The summed E-state index contributed by atoms with van der Waals surface area (Å²) in [5, 5.41) is 20.8. The molecule has 0 amide bonds. The van der Waals surface area contributed by atoms with E-state index in [1.165, 1.54) is 25.1 Å². The molecule has 1 rings (SSSR count). The van der Waals surface area contributed by atoms with Gasteiger partial charge in [-0.3, -0.25) is 4.79 Å². The summed E-state index contributed by atoms with van der Waals surface area (Å²) in [5.41, 5.74) is 1.36. The zero-order valence-corrected chi connectivity index (χ0v) is 13.5. The minimum absolute atomic E-state index is 0.0207. The van der Waals surface area contributed by atoms with E-state index in [9.17, 15) is 15.0 Å². The Labute approximate surface area is 132 Å². The van der Waals surface area contributed by atoms with Gasteiger partial charge in [-0.2, -0.15) is 0 Å². The van der Waals surface area contributed by atoms with Crippen LogP contribution in [0.1, 0.15) is 50.7 Å². The van der Waals surface area contributed by atoms with Gasteiger partial charge in [-0.15, -0.1) is 0 Å². The Balaban J connectivity index is 3.61. The SMILES string of the molecule is C=C/C=C\C(C(C)=O)=C(O)c1c(O)cccc1C(CC)CC. The highest BCUT2D eigenvalue weighted by molar-refractivity contribution is 6.03. The summed E-state index contributed by atoms with van der Waals surface area (Å²) in [4.78, 5) is 11.8. The van der Waals surface area contributed by atoms with E-state index in [0.717, 1.165) is 18.4 Å². The highest BCUT2D eigenvalue weighted by atomic mass is 16.3. The van der Waals surface area contributed by atoms with E-state index < -0.39 is 0 Å². The summed E-state index contributed by atoms with van der Waals surface area (Å²) in [6, 6.07) is 5.16. The maximum Gasteiger partial charge on any atom is 0.163 e. The lowest BCUT2D eigenvalue weighted by atomic mass is 9.87. The summed E-state index contributed by atoms with van der Waals surface area (Å²) in [6.45, 7) is 9.07. The zero-order valence-electron chi connectivity index (χ0n) is 13.5. The number of Topliss-reactive ketones (excluding diaryl/α,β-unsaturated/α-hetero) is 1. The van der Waals surface area contributed by atoms with Gasteiger partial charge in [-0.1, -0.05) is 44.7 Å². The van der Waals surface area contributed by atoms with Crippen molar-refractivity contribution < 1.29 is 15.0 Å². The maximum atomic E-state index is 11.8. The molecule has 0 saturated carbocycles. The fourth-order valence-electron chi connectivity index (χ4n) is 2.55. The number of hydrogen-bond donors (Lipinski definition) is 2. The molecule has 0 aliphatic heterocycles. The van der Waals surface area contributed by atoms with Crippen LogP contribution in [0.3, 0.4) is 0 Å². The summed E-state index contributed by atoms with van der Waals surface area (Å²) in [6.07, 6.45) is 6.40. The van der Waals surface area contributed by atoms with E-state index in [-0.39, 0.29) is 28.8 Å². The number of allylic oxidation sites excluding steroid dienone is 4. The number of benzene rings is 1. The van der Waals surface area contributed by atoms with Gasteiger partial charge in [-0.25, -0.2) is 0 Å². The first-order valence-corrected chi connectivity index (χ1v) is 7.53. The highest BCUT2D eigenvalue weighted by Crippen LogP contribution is 2.36. The lowest BCUT2D eigenvalue weighted by molar-refractivity contribution is -0.113. The van der Waals surface area contributed by atoms with Crippen LogP contribution in [0.25, 0.3) is 5.76 Å². The number of carbonyl (C=O) groups is 1. The third kappa shape index (κ3) is 3.88. The van der Waals surface area contributed by atoms with Crippen LogP contribution in [-0.4, -0.2) is 16.0 Å². The second-order valence-electron chi connectivity index (χ2n) is 5.17. The Bertz CT molecular complexity index is 605. The van der Waals surface area contributed by atoms with Crippen LogP contribution in [0, 0.1) is 0 Å². The Kier molecular flexibility index (Phi) is 6.64. The topological polar surface area (TPSA) is 57.5 Å². The van der Waals surface area contributed by atoms with Crippen molar-refractivity contribution in [1.29, 1.82) is 0 Å². The quantitative estimate of drug-likeness (QED) is 0.428. The average Bonchev–Trinajstić information content (AvgIpc) is 2.48. The summed E-state index contributed by atoms with van der Waals surface area (Å²) in [7, 11) is 0. The normalized spacial score (nSPS) is 12.5. The third-order valence-electron chi connectivity index (χ3n) is 3.77. The van der Waals surface area contributed by atoms with Crippen molar-refractivity contribution in [2.24, 2.45) is 0 Å². The number of rotatable bonds is 7. The fraction of sp³-hybridized carbons (Fsp3) is 0.316. The van der Waals surface area contributed by atoms with Crippen LogP contribution >= 0.6 is 0 Å². The van der Waals surface area contributed by atoms with Gasteiger partial charge in [0.25, 0.3) is 0 Å². The molecular weight excluding hydrogens is 276 g/mol. The van der Waals surface area contributed by atoms with Crippen molar-refractivity contribution >= 4 is 11.5 Å². The largest absolute Gasteiger partial charge is 0.507 e. The van der Waals surface area contributed by atoms with E-state index in [1.54, 1.807) is 12.1 Å². The molecule has 1 aromatic carbocycles. The molecule has 0 bridgehead atoms. The smallest absolute Gasteiger partial charge is 0.163 e. The molecule has 0 radical (unpaired) electrons. The lowest BCUT2D eigenvalue weighted by Crippen LogP contribution is -2.05. The van der Waals surface area contributed by atoms with Gasteiger partial charge in [0.1, 0.15) is 11.5 Å². The van der Waals surface area contributed by atoms with Gasteiger partial charge in [0, 0.05) is 0 Å². The Hall–Kier alpha value is -2.29. The predicted octanol–water partition coefficient (Wildman–Crippen LogP) is 4.90. The van der Waals surface area contributed by atoms with Crippen LogP contribution < -0.4 is 0 Å². The molecule has 0 aromatic heterocycles. The molecule has 3 heteroatoms. The van der Waals surface area contributed by atoms with Crippen LogP contribution in [0.4, 0.5) is 0 Å². The monoisotopic (exact) mass is 300 g/mol. The van der Waals surface area contributed by atoms with Crippen molar-refractivity contribution in [2.75, 3.05) is 0 Å². The molecule has 0 heterocycles. The number of ketones is 1. The van der Waals surface area contributed by atoms with Gasteiger partial charge in [0.15, 0.2) is 5.78 Å². The lowest BCUT2D eigenvalue weighted by Gasteiger charge is -2.19. The Morgan fingerprint density at radius 1 is 1.32 bits per heavy atom. The van der Waals surface area contributed by atoms with Gasteiger partial charge in [-0.05, 0) is 43.4 Å². The summed E-state index contributed by atoms with van der Waals surface area (Å²) < 4.78 is 0. The number of aliphatic hydroxyl groups excluding tert-OH is 1. The Morgan fingerprint density at radius 2 is 1.95 bits per heavy atom. The number of aliphatic hydroxyl groups is 1. The van der Waals surface area contributed by atoms with E-state index in [0.29, 0.717) is 5.56 Å². The fourth-order valence-corrected chi connectivity index (χ4v) is 2.55. The van der Waals surface area contributed by atoms with Crippen LogP contribution in [0.2, 0.25) is 0 Å². The van der Waals surface area contributed by atoms with E-state index in [4.69, 9.17) is 0 Å². The molecule has 3 nitrogen and oxygen atoms in total. The molecule has 0 aliphatic carbocycles. The van der Waals surface area contributed by atoms with Gasteiger partial charge in [0.05, 0.1) is 11.1 Å². The number of phenols is 1. The molecule has 0 aliphatic rings. The number of phenolic OH excluding ortho intramolecular Hbond substituents is 1. The summed E-state index contributed by atoms with van der Waals surface area (Å²) >= 11 is 0. The van der Waals surface area contributed by atoms with Gasteiger partial charge >= 0.3 is 0 Å². The Morgan fingerprint density at radius 3 is 2.45 bits per heavy atom. The standard InChI is InChI=1S/C19H24O3/c1-5-8-10-15(13(4)20)19(22)18-16(14(6-2)7-3)11-9-12-17(18)21/h5,8-12,14,21-22H,1,6-7H2,2-4H3/b10-8-,19-15?. The highest BCUT2D eigenvalue weighted by Gasteiger charge is 2.21. The first kappa shape index (κ1) is 17.8. The number of aromatic hydroxyl groups is 1. The first-order chi connectivity index (χ1) is 10.5. The second kappa shape index (κ2) is 8.23.